The van der Waals surface area contributed by atoms with Crippen LogP contribution in [0.3, 0.4) is 0 Å². The second-order valence-corrected chi connectivity index (χ2v) is 4.05. The van der Waals surface area contributed by atoms with Gasteiger partial charge in [-0.1, -0.05) is 22.9 Å². The summed E-state index contributed by atoms with van der Waals surface area (Å²) >= 11 is 4.51. The van der Waals surface area contributed by atoms with Gasteiger partial charge in [0.2, 0.25) is 12.2 Å². The molecule has 1 heterocycles. The molecule has 94 valence electrons. The molecule has 0 fully saturated rings. The van der Waals surface area contributed by atoms with Crippen molar-refractivity contribution in [2.75, 3.05) is 10.6 Å². The maximum atomic E-state index is 10.9. The van der Waals surface area contributed by atoms with Crippen molar-refractivity contribution >= 4 is 50.6 Å². The molecule has 1 aromatic heterocycles. The van der Waals surface area contributed by atoms with E-state index in [0.717, 1.165) is 12.1 Å². The number of anilines is 1. The Morgan fingerprint density at radius 1 is 1.65 bits per heavy atom. The number of aromatic nitrogens is 1. The Morgan fingerprint density at radius 3 is 2.59 bits per heavy atom. The van der Waals surface area contributed by atoms with Crippen LogP contribution < -0.4 is 5.32 Å². The molecule has 0 aromatic carbocycles. The summed E-state index contributed by atoms with van der Waals surface area (Å²) < 4.78 is 0. The number of hydrogen-bond donors (Lipinski definition) is 2. The van der Waals surface area contributed by atoms with E-state index in [1.54, 1.807) is 0 Å². The first-order valence-electron chi connectivity index (χ1n) is 4.51. The van der Waals surface area contributed by atoms with Gasteiger partial charge in [-0.3, -0.25) is 9.59 Å². The summed E-state index contributed by atoms with van der Waals surface area (Å²) in [5.74, 6) is -1.49. The predicted molar refractivity (Wildman–Crippen MR) is 67.6 cm³/mol. The first-order chi connectivity index (χ1) is 8.03. The van der Waals surface area contributed by atoms with E-state index in [2.05, 4.69) is 26.2 Å². The number of thiazole rings is 1. The van der Waals surface area contributed by atoms with Crippen molar-refractivity contribution in [2.45, 2.75) is 13.3 Å². The first kappa shape index (κ1) is 15.7. The molecular weight excluding hydrogens is 312 g/mol. The number of carboxylic acids is 1. The monoisotopic (exact) mass is 322 g/mol. The van der Waals surface area contributed by atoms with Crippen molar-refractivity contribution < 1.29 is 19.5 Å². The third-order valence-electron chi connectivity index (χ3n) is 1.38. The smallest absolute Gasteiger partial charge is 0.368 e. The Bertz CT molecular complexity index is 394. The van der Waals surface area contributed by atoms with Gasteiger partial charge in [0, 0.05) is 5.38 Å². The van der Waals surface area contributed by atoms with Crippen LogP contribution in [0.2, 0.25) is 0 Å². The number of amides is 1. The van der Waals surface area contributed by atoms with E-state index in [-0.39, 0.29) is 12.2 Å². The molecule has 6 nitrogen and oxygen atoms in total. The summed E-state index contributed by atoms with van der Waals surface area (Å²) in [4.78, 5) is 33.0. The molecule has 1 rings (SSSR count). The van der Waals surface area contributed by atoms with Gasteiger partial charge >= 0.3 is 5.97 Å². The fourth-order valence-electron chi connectivity index (χ4n) is 0.679. The Morgan fingerprint density at radius 2 is 2.24 bits per heavy atom. The maximum Gasteiger partial charge on any atom is 0.368 e. The number of aryl methyl sites for hydroxylation is 1. The lowest BCUT2D eigenvalue weighted by Crippen LogP contribution is -2.11. The largest absolute Gasteiger partial charge is 0.476 e. The van der Waals surface area contributed by atoms with Crippen LogP contribution in [0, 0.1) is 0 Å². The fourth-order valence-corrected chi connectivity index (χ4v) is 1.63. The molecule has 1 aromatic rings. The van der Waals surface area contributed by atoms with Crippen molar-refractivity contribution in [1.82, 2.24) is 4.98 Å². The van der Waals surface area contributed by atoms with E-state index >= 15 is 0 Å². The van der Waals surface area contributed by atoms with Crippen LogP contribution in [0.15, 0.2) is 5.38 Å². The second-order valence-electron chi connectivity index (χ2n) is 2.64. The zero-order valence-corrected chi connectivity index (χ0v) is 11.4. The van der Waals surface area contributed by atoms with Gasteiger partial charge in [0.05, 0.1) is 11.0 Å². The zero-order chi connectivity index (χ0) is 13.3. The van der Waals surface area contributed by atoms with Gasteiger partial charge in [0.15, 0.2) is 5.13 Å². The Kier molecular flexibility index (Phi) is 8.16. The lowest BCUT2D eigenvalue weighted by molar-refractivity contribution is -0.143. The summed E-state index contributed by atoms with van der Waals surface area (Å²) in [7, 11) is 0. The molecule has 0 saturated heterocycles. The number of nitrogens with zero attached hydrogens (tertiary/aromatic N) is 1. The molecule has 1 amide bonds. The van der Waals surface area contributed by atoms with Gasteiger partial charge < -0.3 is 10.4 Å². The third kappa shape index (κ3) is 7.58. The van der Waals surface area contributed by atoms with E-state index in [1.807, 2.05) is 12.3 Å². The number of carbonyl (C=O) groups is 3. The van der Waals surface area contributed by atoms with E-state index in [4.69, 9.17) is 14.7 Å². The normalized spacial score (nSPS) is 8.82. The average Bonchev–Trinajstić information content (AvgIpc) is 2.77. The van der Waals surface area contributed by atoms with Crippen LogP contribution in [0.1, 0.15) is 12.6 Å². The number of aliphatic carboxylic acids is 1. The Balaban J connectivity index is 0.000000437. The lowest BCUT2D eigenvalue weighted by atomic mass is 10.4. The highest BCUT2D eigenvalue weighted by Crippen LogP contribution is 2.15. The van der Waals surface area contributed by atoms with Crippen LogP contribution in [0.4, 0.5) is 5.13 Å². The summed E-state index contributed by atoms with van der Waals surface area (Å²) in [6.45, 7) is 2.03. The molecule has 0 aliphatic carbocycles. The summed E-state index contributed by atoms with van der Waals surface area (Å²) in [6.07, 6.45) is 0.737. The summed E-state index contributed by atoms with van der Waals surface area (Å²) in [6, 6.07) is 0. The molecule has 17 heavy (non-hydrogen) atoms. The highest BCUT2D eigenvalue weighted by Gasteiger charge is 2.03. The number of rotatable bonds is 4. The highest BCUT2D eigenvalue weighted by atomic mass is 79.9. The Hall–Kier alpha value is -1.28. The van der Waals surface area contributed by atoms with Crippen LogP contribution in [0.5, 0.6) is 0 Å². The second kappa shape index (κ2) is 8.82. The zero-order valence-electron chi connectivity index (χ0n) is 8.97. The SMILES string of the molecule is CCc1csc(NC(=O)CBr)n1.O=CC(=O)O. The van der Waals surface area contributed by atoms with Gasteiger partial charge in [-0.25, -0.2) is 9.78 Å². The van der Waals surface area contributed by atoms with Crippen LogP contribution in [0.25, 0.3) is 0 Å². The molecule has 0 aliphatic heterocycles. The van der Waals surface area contributed by atoms with Gasteiger partial charge in [-0.2, -0.15) is 0 Å². The number of alkyl halides is 1. The van der Waals surface area contributed by atoms with Crippen LogP contribution in [-0.4, -0.2) is 33.6 Å². The van der Waals surface area contributed by atoms with Crippen molar-refractivity contribution in [2.24, 2.45) is 0 Å². The predicted octanol–water partition coefficient (Wildman–Crippen LogP) is 1.31. The minimum atomic E-state index is -1.43. The van der Waals surface area contributed by atoms with Gasteiger partial charge in [0.1, 0.15) is 0 Å². The number of nitrogens with one attached hydrogen (secondary N) is 1. The molecule has 0 saturated carbocycles. The summed E-state index contributed by atoms with van der Waals surface area (Å²) in [5.41, 5.74) is 1.02. The molecule has 0 spiro atoms. The van der Waals surface area contributed by atoms with Gasteiger partial charge in [-0.15, -0.1) is 11.3 Å². The van der Waals surface area contributed by atoms with E-state index in [9.17, 15) is 4.79 Å². The fraction of sp³-hybridized carbons (Fsp3) is 0.333. The number of hydrogen-bond acceptors (Lipinski definition) is 5. The topological polar surface area (TPSA) is 96.4 Å². The minimum absolute atomic E-state index is 0.0630. The quantitative estimate of drug-likeness (QED) is 0.495. The van der Waals surface area contributed by atoms with E-state index in [1.165, 1.54) is 11.3 Å². The molecular formula is C9H11BrN2O4S. The number of halogens is 1. The highest BCUT2D eigenvalue weighted by molar-refractivity contribution is 9.09. The first-order valence-corrected chi connectivity index (χ1v) is 6.51. The maximum absolute atomic E-state index is 10.9. The lowest BCUT2D eigenvalue weighted by Gasteiger charge is -1.94. The van der Waals surface area contributed by atoms with Crippen LogP contribution >= 0.6 is 27.3 Å². The average molecular weight is 323 g/mol. The summed E-state index contributed by atoms with van der Waals surface area (Å²) in [5, 5.41) is 13.0. The number of carbonyl (C=O) groups excluding carboxylic acids is 2. The molecule has 2 N–H and O–H groups in total. The molecule has 0 bridgehead atoms. The van der Waals surface area contributed by atoms with Crippen molar-refractivity contribution in [1.29, 1.82) is 0 Å². The van der Waals surface area contributed by atoms with Crippen molar-refractivity contribution in [3.05, 3.63) is 11.1 Å². The number of aldehydes is 1. The van der Waals surface area contributed by atoms with Crippen LogP contribution in [-0.2, 0) is 20.8 Å². The Labute approximate surface area is 110 Å². The van der Waals surface area contributed by atoms with E-state index < -0.39 is 5.97 Å². The van der Waals surface area contributed by atoms with Gasteiger partial charge in [-0.05, 0) is 6.42 Å². The van der Waals surface area contributed by atoms with Crippen molar-refractivity contribution in [3.8, 4) is 0 Å². The van der Waals surface area contributed by atoms with E-state index in [0.29, 0.717) is 10.5 Å². The molecule has 0 unspecified atom stereocenters. The third-order valence-corrected chi connectivity index (χ3v) is 2.70. The van der Waals surface area contributed by atoms with Gasteiger partial charge in [0.25, 0.3) is 0 Å². The van der Waals surface area contributed by atoms with Crippen molar-refractivity contribution in [3.63, 3.8) is 0 Å². The standard InChI is InChI=1S/C7H9BrN2OS.C2H2O3/c1-2-5-4-12-7(9-5)10-6(11)3-8;3-1-2(4)5/h4H,2-3H2,1H3,(H,9,10,11);1H,(H,4,5). The number of carboxylic acid groups (broad SMARTS) is 1. The molecule has 0 radical (unpaired) electrons. The molecule has 0 aliphatic rings. The molecule has 0 atom stereocenters. The minimum Gasteiger partial charge on any atom is -0.476 e. The molecule has 8 heteroatoms.